The van der Waals surface area contributed by atoms with Crippen LogP contribution in [0.2, 0.25) is 0 Å². The van der Waals surface area contributed by atoms with E-state index in [1.807, 2.05) is 31.2 Å². The molecule has 3 aliphatic rings. The lowest BCUT2D eigenvalue weighted by molar-refractivity contribution is -0.142. The van der Waals surface area contributed by atoms with Crippen LogP contribution in [-0.4, -0.2) is 38.3 Å². The number of aliphatic hydroxyl groups is 2. The lowest BCUT2D eigenvalue weighted by atomic mass is 9.60. The van der Waals surface area contributed by atoms with Gasteiger partial charge >= 0.3 is 0 Å². The van der Waals surface area contributed by atoms with Crippen molar-refractivity contribution in [2.24, 2.45) is 11.8 Å². The van der Waals surface area contributed by atoms with Crippen LogP contribution in [0.4, 0.5) is 0 Å². The molecule has 6 heteroatoms. The third-order valence-corrected chi connectivity index (χ3v) is 8.08. The molecular weight excluding hydrogens is 468 g/mol. The lowest BCUT2D eigenvalue weighted by Crippen LogP contribution is -2.55. The lowest BCUT2D eigenvalue weighted by Gasteiger charge is -2.45. The molecule has 3 N–H and O–H groups in total. The molecule has 0 amide bonds. The van der Waals surface area contributed by atoms with Gasteiger partial charge in [-0.2, -0.15) is 0 Å². The summed E-state index contributed by atoms with van der Waals surface area (Å²) in [6.07, 6.45) is 4.22. The number of carbonyl (C=O) groups is 3. The number of allylic oxidation sites excluding steroid dienone is 3. The van der Waals surface area contributed by atoms with Gasteiger partial charge in [-0.25, -0.2) is 0 Å². The zero-order valence-electron chi connectivity index (χ0n) is 21.0. The SMILES string of the molecule is C=C(C)CCc1ccc(-c2ccc(O)c3c2C[C@H]2C[C@H]4CC=C(C(C)=O)C(=O)[C@@]4(O)C(O)=C2C3=O)cc1. The number of benzene rings is 2. The predicted molar refractivity (Wildman–Crippen MR) is 139 cm³/mol. The first-order chi connectivity index (χ1) is 17.5. The van der Waals surface area contributed by atoms with Gasteiger partial charge in [-0.3, -0.25) is 14.4 Å². The normalized spacial score (nSPS) is 24.7. The van der Waals surface area contributed by atoms with Gasteiger partial charge in [-0.05, 0) is 80.2 Å². The number of aryl methyl sites for hydroxylation is 1. The highest BCUT2D eigenvalue weighted by molar-refractivity contribution is 6.24. The Morgan fingerprint density at radius 2 is 1.78 bits per heavy atom. The van der Waals surface area contributed by atoms with E-state index in [0.717, 1.165) is 29.5 Å². The molecule has 0 bridgehead atoms. The number of hydrogen-bond donors (Lipinski definition) is 3. The number of rotatable bonds is 5. The molecule has 6 nitrogen and oxygen atoms in total. The van der Waals surface area contributed by atoms with Crippen molar-refractivity contribution < 1.29 is 29.7 Å². The summed E-state index contributed by atoms with van der Waals surface area (Å²) in [4.78, 5) is 38.7. The molecule has 190 valence electrons. The summed E-state index contributed by atoms with van der Waals surface area (Å²) >= 11 is 0. The van der Waals surface area contributed by atoms with Crippen LogP contribution in [0.25, 0.3) is 11.1 Å². The zero-order chi connectivity index (χ0) is 26.6. The summed E-state index contributed by atoms with van der Waals surface area (Å²) in [7, 11) is 0. The number of Topliss-reactive ketones (excluding diaryl/α,β-unsaturated/α-hetero) is 3. The summed E-state index contributed by atoms with van der Waals surface area (Å²) in [5, 5.41) is 33.3. The Hall–Kier alpha value is -3.77. The van der Waals surface area contributed by atoms with E-state index in [-0.39, 0.29) is 28.9 Å². The molecule has 2 aromatic carbocycles. The molecule has 3 aliphatic carbocycles. The Bertz CT molecular complexity index is 1420. The van der Waals surface area contributed by atoms with Crippen molar-refractivity contribution >= 4 is 17.3 Å². The Balaban J connectivity index is 1.57. The van der Waals surface area contributed by atoms with Crippen LogP contribution in [0.15, 0.2) is 71.5 Å². The average molecular weight is 499 g/mol. The van der Waals surface area contributed by atoms with Crippen molar-refractivity contribution in [3.63, 3.8) is 0 Å². The van der Waals surface area contributed by atoms with Crippen molar-refractivity contribution in [2.45, 2.75) is 51.6 Å². The van der Waals surface area contributed by atoms with Gasteiger partial charge < -0.3 is 15.3 Å². The molecule has 0 heterocycles. The molecule has 0 fully saturated rings. The molecule has 37 heavy (non-hydrogen) atoms. The fraction of sp³-hybridized carbons (Fsp3) is 0.323. The smallest absolute Gasteiger partial charge is 0.205 e. The molecule has 5 rings (SSSR count). The predicted octanol–water partition coefficient (Wildman–Crippen LogP) is 4.97. The number of aliphatic hydroxyl groups excluding tert-OH is 1. The van der Waals surface area contributed by atoms with Crippen LogP contribution in [0.1, 0.15) is 54.6 Å². The first-order valence-electron chi connectivity index (χ1n) is 12.6. The Labute approximate surface area is 215 Å². The van der Waals surface area contributed by atoms with E-state index < -0.39 is 40.5 Å². The Morgan fingerprint density at radius 1 is 1.08 bits per heavy atom. The minimum absolute atomic E-state index is 0.0491. The zero-order valence-corrected chi connectivity index (χ0v) is 21.0. The van der Waals surface area contributed by atoms with Crippen LogP contribution < -0.4 is 0 Å². The van der Waals surface area contributed by atoms with Crippen LogP contribution in [0, 0.1) is 11.8 Å². The van der Waals surface area contributed by atoms with Gasteiger partial charge in [-0.15, -0.1) is 6.58 Å². The van der Waals surface area contributed by atoms with Crippen molar-refractivity contribution in [2.75, 3.05) is 0 Å². The summed E-state index contributed by atoms with van der Waals surface area (Å²) in [6, 6.07) is 11.4. The molecule has 0 radical (unpaired) electrons. The van der Waals surface area contributed by atoms with Crippen LogP contribution in [-0.2, 0) is 22.4 Å². The molecule has 0 unspecified atom stereocenters. The number of fused-ring (bicyclic) bond motifs is 3. The quantitative estimate of drug-likeness (QED) is 0.396. The van der Waals surface area contributed by atoms with Gasteiger partial charge in [0.05, 0.1) is 11.1 Å². The highest BCUT2D eigenvalue weighted by atomic mass is 16.3. The summed E-state index contributed by atoms with van der Waals surface area (Å²) < 4.78 is 0. The van der Waals surface area contributed by atoms with E-state index in [1.54, 1.807) is 6.07 Å². The first kappa shape index (κ1) is 24.9. The average Bonchev–Trinajstić information content (AvgIpc) is 2.85. The van der Waals surface area contributed by atoms with Gasteiger partial charge in [0, 0.05) is 11.5 Å². The molecule has 0 saturated heterocycles. The monoisotopic (exact) mass is 498 g/mol. The highest BCUT2D eigenvalue weighted by Crippen LogP contribution is 2.51. The van der Waals surface area contributed by atoms with E-state index >= 15 is 0 Å². The first-order valence-corrected chi connectivity index (χ1v) is 12.6. The second-order valence-electron chi connectivity index (χ2n) is 10.6. The van der Waals surface area contributed by atoms with Crippen molar-refractivity contribution in [3.05, 3.63) is 88.2 Å². The molecule has 0 saturated carbocycles. The maximum absolute atomic E-state index is 13.7. The van der Waals surface area contributed by atoms with Crippen molar-refractivity contribution in [1.29, 1.82) is 0 Å². The second kappa shape index (κ2) is 8.96. The van der Waals surface area contributed by atoms with Gasteiger partial charge in [0.15, 0.2) is 17.2 Å². The maximum atomic E-state index is 13.7. The summed E-state index contributed by atoms with van der Waals surface area (Å²) in [5.74, 6) is -3.95. The van der Waals surface area contributed by atoms with E-state index in [1.165, 1.54) is 24.6 Å². The molecule has 2 aromatic rings. The van der Waals surface area contributed by atoms with Gasteiger partial charge in [-0.1, -0.05) is 42.0 Å². The Kier molecular flexibility index (Phi) is 6.03. The van der Waals surface area contributed by atoms with Crippen LogP contribution >= 0.6 is 0 Å². The standard InChI is InChI=1S/C31H30O6/c1-16(2)4-5-18-6-8-19(9-7-18)23-12-13-25(33)27-24(23)15-20-14-21-10-11-22(17(3)32)29(35)31(21,37)30(36)26(20)28(27)34/h6-9,11-13,20-21,33,36-37H,1,4-5,10,14-15H2,2-3H3/t20-,21-,31-/m1/s1. The van der Waals surface area contributed by atoms with Crippen molar-refractivity contribution in [3.8, 4) is 16.9 Å². The number of phenols is 1. The van der Waals surface area contributed by atoms with Crippen LogP contribution in [0.5, 0.6) is 5.75 Å². The van der Waals surface area contributed by atoms with E-state index in [9.17, 15) is 29.7 Å². The topological polar surface area (TPSA) is 112 Å². The summed E-state index contributed by atoms with van der Waals surface area (Å²) in [6.45, 7) is 7.19. The van der Waals surface area contributed by atoms with E-state index in [2.05, 4.69) is 6.58 Å². The number of hydrogen-bond acceptors (Lipinski definition) is 6. The maximum Gasteiger partial charge on any atom is 0.205 e. The second-order valence-corrected chi connectivity index (χ2v) is 10.6. The van der Waals surface area contributed by atoms with E-state index in [0.29, 0.717) is 18.4 Å². The summed E-state index contributed by atoms with van der Waals surface area (Å²) in [5.41, 5.74) is 2.27. The molecule has 0 aromatic heterocycles. The number of aromatic hydroxyl groups is 1. The molecular formula is C31H30O6. The fourth-order valence-corrected chi connectivity index (χ4v) is 6.08. The number of carbonyl (C=O) groups excluding carboxylic acids is 3. The van der Waals surface area contributed by atoms with Crippen molar-refractivity contribution in [1.82, 2.24) is 0 Å². The largest absolute Gasteiger partial charge is 0.508 e. The molecule has 0 spiro atoms. The fourth-order valence-electron chi connectivity index (χ4n) is 6.08. The number of ketones is 3. The van der Waals surface area contributed by atoms with E-state index in [4.69, 9.17) is 0 Å². The molecule has 3 atom stereocenters. The van der Waals surface area contributed by atoms with Gasteiger partial charge in [0.2, 0.25) is 5.78 Å². The van der Waals surface area contributed by atoms with Crippen LogP contribution in [0.3, 0.4) is 0 Å². The number of phenolic OH excluding ortho intramolecular Hbond substituents is 1. The molecule has 0 aliphatic heterocycles. The highest BCUT2D eigenvalue weighted by Gasteiger charge is 2.57. The van der Waals surface area contributed by atoms with Gasteiger partial charge in [0.25, 0.3) is 0 Å². The third kappa shape index (κ3) is 3.87. The third-order valence-electron chi connectivity index (χ3n) is 8.08. The minimum Gasteiger partial charge on any atom is -0.508 e. The Morgan fingerprint density at radius 3 is 2.43 bits per heavy atom. The minimum atomic E-state index is -2.32. The van der Waals surface area contributed by atoms with Gasteiger partial charge in [0.1, 0.15) is 11.5 Å².